The van der Waals surface area contributed by atoms with Crippen LogP contribution in [0, 0.1) is 5.92 Å². The van der Waals surface area contributed by atoms with Crippen LogP contribution in [0.25, 0.3) is 11.2 Å². The van der Waals surface area contributed by atoms with Crippen molar-refractivity contribution in [2.45, 2.75) is 38.4 Å². The Balaban J connectivity index is 2.22. The number of fused-ring (bicyclic) bond motifs is 1. The van der Waals surface area contributed by atoms with Crippen LogP contribution in [0.5, 0.6) is 0 Å². The van der Waals surface area contributed by atoms with Gasteiger partial charge in [-0.2, -0.15) is 0 Å². The molecule has 1 fully saturated rings. The maximum atomic E-state index is 12.5. The van der Waals surface area contributed by atoms with Crippen molar-refractivity contribution in [2.24, 2.45) is 5.92 Å². The number of hydrogen-bond donors (Lipinski definition) is 4. The Morgan fingerprint density at radius 3 is 2.71 bits per heavy atom. The van der Waals surface area contributed by atoms with E-state index in [1.54, 1.807) is 13.8 Å². The van der Waals surface area contributed by atoms with Crippen molar-refractivity contribution in [3.8, 4) is 0 Å². The van der Waals surface area contributed by atoms with Gasteiger partial charge in [0.15, 0.2) is 23.2 Å². The van der Waals surface area contributed by atoms with Gasteiger partial charge in [-0.25, -0.2) is 9.97 Å². The van der Waals surface area contributed by atoms with Crippen LogP contribution in [0.15, 0.2) is 11.1 Å². The number of aromatic nitrogens is 4. The van der Waals surface area contributed by atoms with E-state index in [0.717, 1.165) is 6.33 Å². The summed E-state index contributed by atoms with van der Waals surface area (Å²) in [4.78, 5) is 34.9. The number of aliphatic hydroxyl groups excluding tert-OH is 3. The Kier molecular flexibility index (Phi) is 4.22. The number of hydrogen-bond acceptors (Lipinski definition) is 8. The van der Waals surface area contributed by atoms with Crippen LogP contribution in [0.1, 0.15) is 30.7 Å². The third kappa shape index (κ3) is 2.44. The highest BCUT2D eigenvalue weighted by atomic mass is 16.6. The Bertz CT molecular complexity index is 828. The predicted octanol–water partition coefficient (Wildman–Crippen LogP) is -1.43. The smallest absolute Gasteiger partial charge is 0.278 e. The first-order valence-corrected chi connectivity index (χ1v) is 7.49. The molecule has 0 unspecified atom stereocenters. The molecule has 4 N–H and O–H groups in total. The first kappa shape index (κ1) is 16.7. The van der Waals surface area contributed by atoms with Crippen LogP contribution in [0.2, 0.25) is 0 Å². The molecule has 1 aliphatic rings. The van der Waals surface area contributed by atoms with Crippen molar-refractivity contribution in [1.29, 1.82) is 0 Å². The van der Waals surface area contributed by atoms with Crippen molar-refractivity contribution in [1.82, 2.24) is 19.5 Å². The molecule has 24 heavy (non-hydrogen) atoms. The number of ketones is 1. The number of rotatable bonds is 4. The molecule has 1 aliphatic heterocycles. The molecule has 0 spiro atoms. The normalized spacial score (nSPS) is 27.2. The molecule has 3 heterocycles. The molecule has 0 aliphatic carbocycles. The minimum Gasteiger partial charge on any atom is -0.394 e. The van der Waals surface area contributed by atoms with Gasteiger partial charge in [0.05, 0.1) is 12.9 Å². The standard InChI is InChI=1S/C14H18N4O6/c1-5(2)8(20)12-17-7-11(15-4-16-13(7)23)18(12)14-10(22)9(21)6(3-19)24-14/h4-6,9-10,14,19,21-22H,3H2,1-2H3,(H,15,16,23)/t6-,9-,10-,14-/m1/s1. The number of ether oxygens (including phenoxy) is 1. The summed E-state index contributed by atoms with van der Waals surface area (Å²) in [5.41, 5.74) is -0.555. The van der Waals surface area contributed by atoms with Gasteiger partial charge in [-0.15, -0.1) is 0 Å². The van der Waals surface area contributed by atoms with Crippen LogP contribution < -0.4 is 5.56 Å². The molecular formula is C14H18N4O6. The van der Waals surface area contributed by atoms with Crippen LogP contribution in [-0.4, -0.2) is 65.5 Å². The van der Waals surface area contributed by atoms with Gasteiger partial charge in [-0.3, -0.25) is 14.2 Å². The molecule has 130 valence electrons. The van der Waals surface area contributed by atoms with Crippen LogP contribution in [0.4, 0.5) is 0 Å². The Labute approximate surface area is 135 Å². The van der Waals surface area contributed by atoms with E-state index in [0.29, 0.717) is 0 Å². The van der Waals surface area contributed by atoms with Crippen molar-refractivity contribution in [3.63, 3.8) is 0 Å². The minimum atomic E-state index is -1.42. The second-order valence-corrected chi connectivity index (χ2v) is 5.96. The highest BCUT2D eigenvalue weighted by molar-refractivity contribution is 5.97. The van der Waals surface area contributed by atoms with Gasteiger partial charge in [-0.1, -0.05) is 13.8 Å². The number of carbonyl (C=O) groups is 1. The van der Waals surface area contributed by atoms with Gasteiger partial charge in [0, 0.05) is 5.92 Å². The summed E-state index contributed by atoms with van der Waals surface area (Å²) in [5.74, 6) is -0.888. The highest BCUT2D eigenvalue weighted by Crippen LogP contribution is 2.32. The zero-order valence-corrected chi connectivity index (χ0v) is 13.1. The summed E-state index contributed by atoms with van der Waals surface area (Å²) in [6.45, 7) is 2.82. The fourth-order valence-electron chi connectivity index (χ4n) is 2.69. The third-order valence-electron chi connectivity index (χ3n) is 4.00. The molecule has 0 amide bonds. The SMILES string of the molecule is CC(C)C(=O)c1nc2c(=O)[nH]cnc2n1[C@@H]1O[C@H](CO)[C@@H](O)[C@H]1O. The van der Waals surface area contributed by atoms with Gasteiger partial charge in [0.25, 0.3) is 5.56 Å². The summed E-state index contributed by atoms with van der Waals surface area (Å²) in [5, 5.41) is 29.4. The van der Waals surface area contributed by atoms with Crippen molar-refractivity contribution >= 4 is 16.9 Å². The lowest BCUT2D eigenvalue weighted by molar-refractivity contribution is -0.0518. The fourth-order valence-corrected chi connectivity index (χ4v) is 2.69. The molecule has 0 aromatic carbocycles. The number of carbonyl (C=O) groups excluding carboxylic acids is 1. The van der Waals surface area contributed by atoms with E-state index in [-0.39, 0.29) is 22.8 Å². The van der Waals surface area contributed by atoms with Crippen LogP contribution >= 0.6 is 0 Å². The van der Waals surface area contributed by atoms with E-state index < -0.39 is 42.6 Å². The number of H-pyrrole nitrogens is 1. The fraction of sp³-hybridized carbons (Fsp3) is 0.571. The lowest BCUT2D eigenvalue weighted by atomic mass is 10.1. The molecule has 0 radical (unpaired) electrons. The lowest BCUT2D eigenvalue weighted by Gasteiger charge is -2.19. The van der Waals surface area contributed by atoms with Crippen molar-refractivity contribution in [3.05, 3.63) is 22.5 Å². The number of imidazole rings is 1. The van der Waals surface area contributed by atoms with Crippen LogP contribution in [0.3, 0.4) is 0 Å². The molecule has 10 heteroatoms. The molecule has 10 nitrogen and oxygen atoms in total. The topological polar surface area (TPSA) is 151 Å². The highest BCUT2D eigenvalue weighted by Gasteiger charge is 2.45. The zero-order valence-electron chi connectivity index (χ0n) is 13.1. The second kappa shape index (κ2) is 6.06. The summed E-state index contributed by atoms with van der Waals surface area (Å²) in [6, 6.07) is 0. The van der Waals surface area contributed by atoms with E-state index in [4.69, 9.17) is 4.74 Å². The zero-order chi connectivity index (χ0) is 17.6. The molecule has 2 aromatic heterocycles. The van der Waals surface area contributed by atoms with E-state index in [9.17, 15) is 24.9 Å². The van der Waals surface area contributed by atoms with Crippen molar-refractivity contribution in [2.75, 3.05) is 6.61 Å². The van der Waals surface area contributed by atoms with E-state index in [2.05, 4.69) is 15.0 Å². The first-order valence-electron chi connectivity index (χ1n) is 7.49. The third-order valence-corrected chi connectivity index (χ3v) is 4.00. The molecule has 4 atom stereocenters. The second-order valence-electron chi connectivity index (χ2n) is 5.96. The average Bonchev–Trinajstić information content (AvgIpc) is 3.06. The Hall–Kier alpha value is -2.14. The van der Waals surface area contributed by atoms with E-state index in [1.165, 1.54) is 4.57 Å². The summed E-state index contributed by atoms with van der Waals surface area (Å²) < 4.78 is 6.67. The Morgan fingerprint density at radius 2 is 2.12 bits per heavy atom. The summed E-state index contributed by atoms with van der Waals surface area (Å²) in [6.07, 6.45) is -3.84. The molecular weight excluding hydrogens is 320 g/mol. The lowest BCUT2D eigenvalue weighted by Crippen LogP contribution is -2.33. The van der Waals surface area contributed by atoms with Gasteiger partial charge in [-0.05, 0) is 0 Å². The first-order chi connectivity index (χ1) is 11.4. The predicted molar refractivity (Wildman–Crippen MR) is 80.3 cm³/mol. The molecule has 0 bridgehead atoms. The summed E-state index contributed by atoms with van der Waals surface area (Å²) in [7, 11) is 0. The maximum absolute atomic E-state index is 12.5. The molecule has 3 rings (SSSR count). The number of nitrogens with zero attached hydrogens (tertiary/aromatic N) is 3. The number of Topliss-reactive ketones (excluding diaryl/α,β-unsaturated/α-hetero) is 1. The minimum absolute atomic E-state index is 0.0533. The molecule has 2 aromatic rings. The van der Waals surface area contributed by atoms with E-state index in [1.807, 2.05) is 0 Å². The maximum Gasteiger partial charge on any atom is 0.278 e. The van der Waals surface area contributed by atoms with Gasteiger partial charge in [0.1, 0.15) is 18.3 Å². The number of aromatic amines is 1. The average molecular weight is 338 g/mol. The largest absolute Gasteiger partial charge is 0.394 e. The Morgan fingerprint density at radius 1 is 1.42 bits per heavy atom. The number of nitrogens with one attached hydrogen (secondary N) is 1. The number of aliphatic hydroxyl groups is 3. The van der Waals surface area contributed by atoms with Crippen LogP contribution in [-0.2, 0) is 4.74 Å². The van der Waals surface area contributed by atoms with E-state index >= 15 is 0 Å². The van der Waals surface area contributed by atoms with Gasteiger partial charge < -0.3 is 25.0 Å². The van der Waals surface area contributed by atoms with Gasteiger partial charge >= 0.3 is 0 Å². The van der Waals surface area contributed by atoms with Gasteiger partial charge in [0.2, 0.25) is 5.78 Å². The quantitative estimate of drug-likeness (QED) is 0.495. The monoisotopic (exact) mass is 338 g/mol. The molecule has 0 saturated carbocycles. The molecule has 1 saturated heterocycles. The van der Waals surface area contributed by atoms with Crippen molar-refractivity contribution < 1.29 is 24.9 Å². The summed E-state index contributed by atoms with van der Waals surface area (Å²) >= 11 is 0.